The lowest BCUT2D eigenvalue weighted by atomic mass is 10.2. The molecule has 0 atom stereocenters. The molecule has 1 heterocycles. The van der Waals surface area contributed by atoms with E-state index in [0.717, 1.165) is 11.3 Å². The molecule has 0 unspecified atom stereocenters. The van der Waals surface area contributed by atoms with Gasteiger partial charge in [-0.3, -0.25) is 9.78 Å². The zero-order valence-electron chi connectivity index (χ0n) is 11.8. The predicted molar refractivity (Wildman–Crippen MR) is 81.7 cm³/mol. The highest BCUT2D eigenvalue weighted by Gasteiger charge is 2.04. The molecule has 1 aromatic carbocycles. The second-order valence-corrected chi connectivity index (χ2v) is 4.19. The molecular formula is C15H14N4O3. The first-order chi connectivity index (χ1) is 10.7. The van der Waals surface area contributed by atoms with Gasteiger partial charge in [-0.1, -0.05) is 5.16 Å². The van der Waals surface area contributed by atoms with Gasteiger partial charge in [-0.2, -0.15) is 5.10 Å². The second-order valence-electron chi connectivity index (χ2n) is 4.19. The summed E-state index contributed by atoms with van der Waals surface area (Å²) < 4.78 is 5.05. The number of nitrogens with one attached hydrogen (secondary N) is 1. The monoisotopic (exact) mass is 298 g/mol. The first-order valence-corrected chi connectivity index (χ1v) is 6.34. The molecule has 2 aromatic rings. The molecule has 0 radical (unpaired) electrons. The zero-order valence-corrected chi connectivity index (χ0v) is 11.8. The van der Waals surface area contributed by atoms with Gasteiger partial charge in [-0.25, -0.2) is 5.43 Å². The van der Waals surface area contributed by atoms with E-state index in [1.165, 1.54) is 18.6 Å². The minimum absolute atomic E-state index is 0.349. The third kappa shape index (κ3) is 4.14. The third-order valence-corrected chi connectivity index (χ3v) is 2.73. The summed E-state index contributed by atoms with van der Waals surface area (Å²) in [5.74, 6) is 0.364. The van der Waals surface area contributed by atoms with Crippen molar-refractivity contribution in [3.8, 4) is 5.75 Å². The molecule has 7 nitrogen and oxygen atoms in total. The average Bonchev–Trinajstić information content (AvgIpc) is 2.56. The molecule has 112 valence electrons. The number of aromatic nitrogens is 1. The van der Waals surface area contributed by atoms with Crippen LogP contribution in [0.2, 0.25) is 0 Å². The van der Waals surface area contributed by atoms with E-state index in [2.05, 4.69) is 20.7 Å². The average molecular weight is 298 g/mol. The highest BCUT2D eigenvalue weighted by atomic mass is 16.5. The number of ether oxygens (including phenoxy) is 1. The summed E-state index contributed by atoms with van der Waals surface area (Å²) in [5.41, 5.74) is 4.03. The van der Waals surface area contributed by atoms with Crippen molar-refractivity contribution in [1.82, 2.24) is 10.4 Å². The molecule has 22 heavy (non-hydrogen) atoms. The first-order valence-electron chi connectivity index (χ1n) is 6.34. The quantitative estimate of drug-likeness (QED) is 0.498. The second kappa shape index (κ2) is 7.53. The van der Waals surface area contributed by atoms with E-state index >= 15 is 0 Å². The highest BCUT2D eigenvalue weighted by Crippen LogP contribution is 2.09. The number of rotatable bonds is 5. The highest BCUT2D eigenvalue weighted by molar-refractivity contribution is 5.95. The van der Waals surface area contributed by atoms with Crippen molar-refractivity contribution in [1.29, 1.82) is 0 Å². The van der Waals surface area contributed by atoms with Gasteiger partial charge in [-0.15, -0.1) is 0 Å². The van der Waals surface area contributed by atoms with Gasteiger partial charge in [0.1, 0.15) is 5.75 Å². The lowest BCUT2D eigenvalue weighted by molar-refractivity contribution is 0.0955. The largest absolute Gasteiger partial charge is 0.497 e. The zero-order chi connectivity index (χ0) is 15.8. The van der Waals surface area contributed by atoms with Gasteiger partial charge in [0, 0.05) is 6.20 Å². The number of methoxy groups -OCH3 is 1. The number of amides is 1. The van der Waals surface area contributed by atoms with Crippen LogP contribution in [0.25, 0.3) is 0 Å². The van der Waals surface area contributed by atoms with Crippen molar-refractivity contribution < 1.29 is 14.7 Å². The summed E-state index contributed by atoms with van der Waals surface area (Å²) in [5, 5.41) is 15.1. The number of hydrazone groups is 1. The Kier molecular flexibility index (Phi) is 5.20. The van der Waals surface area contributed by atoms with E-state index in [0.29, 0.717) is 11.3 Å². The van der Waals surface area contributed by atoms with Crippen LogP contribution in [0.4, 0.5) is 0 Å². The molecule has 2 rings (SSSR count). The van der Waals surface area contributed by atoms with E-state index < -0.39 is 0 Å². The summed E-state index contributed by atoms with van der Waals surface area (Å²) in [6, 6.07) is 10.4. The first kappa shape index (κ1) is 15.2. The molecule has 1 amide bonds. The number of hydrogen-bond donors (Lipinski definition) is 2. The summed E-state index contributed by atoms with van der Waals surface area (Å²) in [6.45, 7) is 0. The molecule has 7 heteroatoms. The van der Waals surface area contributed by atoms with Crippen LogP contribution in [0.5, 0.6) is 5.75 Å². The lowest BCUT2D eigenvalue weighted by Gasteiger charge is -2.00. The molecular weight excluding hydrogens is 284 g/mol. The van der Waals surface area contributed by atoms with Gasteiger partial charge in [0.25, 0.3) is 5.91 Å². The number of pyridine rings is 1. The molecule has 0 fully saturated rings. The fourth-order valence-corrected chi connectivity index (χ4v) is 1.60. The Morgan fingerprint density at radius 1 is 1.23 bits per heavy atom. The summed E-state index contributed by atoms with van der Waals surface area (Å²) in [6.07, 6.45) is 4.07. The van der Waals surface area contributed by atoms with Crippen molar-refractivity contribution in [3.63, 3.8) is 0 Å². The smallest absolute Gasteiger partial charge is 0.272 e. The molecule has 0 bridgehead atoms. The SMILES string of the molecule is COc1ccc(C=NNC(=O)c2ccc(C=NO)nc2)cc1. The molecule has 0 spiro atoms. The number of oxime groups is 1. The predicted octanol–water partition coefficient (Wildman–Crippen LogP) is 1.66. The van der Waals surface area contributed by atoms with Crippen molar-refractivity contribution in [3.05, 3.63) is 59.4 Å². The normalized spacial score (nSPS) is 11.0. The Morgan fingerprint density at radius 3 is 2.59 bits per heavy atom. The molecule has 2 N–H and O–H groups in total. The van der Waals surface area contributed by atoms with Gasteiger partial charge in [0.2, 0.25) is 0 Å². The number of nitrogens with zero attached hydrogens (tertiary/aromatic N) is 3. The lowest BCUT2D eigenvalue weighted by Crippen LogP contribution is -2.17. The number of carbonyl (C=O) groups excluding carboxylic acids is 1. The Labute approximate surface area is 127 Å². The fourth-order valence-electron chi connectivity index (χ4n) is 1.60. The molecule has 0 aliphatic rings. The summed E-state index contributed by atoms with van der Waals surface area (Å²) in [7, 11) is 1.59. The van der Waals surface area contributed by atoms with E-state index in [1.807, 2.05) is 12.1 Å². The minimum Gasteiger partial charge on any atom is -0.497 e. The van der Waals surface area contributed by atoms with Crippen LogP contribution in [-0.4, -0.2) is 35.6 Å². The third-order valence-electron chi connectivity index (χ3n) is 2.73. The minimum atomic E-state index is -0.384. The molecule has 0 saturated heterocycles. The van der Waals surface area contributed by atoms with Gasteiger partial charge >= 0.3 is 0 Å². The van der Waals surface area contributed by atoms with E-state index in [-0.39, 0.29) is 5.91 Å². The van der Waals surface area contributed by atoms with Crippen LogP contribution >= 0.6 is 0 Å². The maximum atomic E-state index is 11.8. The van der Waals surface area contributed by atoms with Crippen molar-refractivity contribution in [2.45, 2.75) is 0 Å². The maximum absolute atomic E-state index is 11.8. The summed E-state index contributed by atoms with van der Waals surface area (Å²) >= 11 is 0. The van der Waals surface area contributed by atoms with Crippen LogP contribution in [0.15, 0.2) is 52.9 Å². The fraction of sp³-hybridized carbons (Fsp3) is 0.0667. The van der Waals surface area contributed by atoms with Crippen LogP contribution in [0.1, 0.15) is 21.6 Å². The maximum Gasteiger partial charge on any atom is 0.272 e. The van der Waals surface area contributed by atoms with Crippen LogP contribution in [-0.2, 0) is 0 Å². The number of hydrogen-bond acceptors (Lipinski definition) is 6. The number of carbonyl (C=O) groups is 1. The van der Waals surface area contributed by atoms with Crippen molar-refractivity contribution >= 4 is 18.3 Å². The van der Waals surface area contributed by atoms with E-state index in [1.54, 1.807) is 31.4 Å². The van der Waals surface area contributed by atoms with E-state index in [4.69, 9.17) is 9.94 Å². The van der Waals surface area contributed by atoms with Crippen LogP contribution in [0, 0.1) is 0 Å². The van der Waals surface area contributed by atoms with Gasteiger partial charge in [-0.05, 0) is 42.0 Å². The summed E-state index contributed by atoms with van der Waals surface area (Å²) in [4.78, 5) is 15.8. The van der Waals surface area contributed by atoms with Crippen LogP contribution < -0.4 is 10.2 Å². The van der Waals surface area contributed by atoms with E-state index in [9.17, 15) is 4.79 Å². The standard InChI is InChI=1S/C15H14N4O3/c1-22-14-6-2-11(3-7-14)8-17-19-15(20)12-4-5-13(10-18-21)16-9-12/h2-10,21H,1H3,(H,19,20). The van der Waals surface area contributed by atoms with Gasteiger partial charge in [0.05, 0.1) is 30.8 Å². The Bertz CT molecular complexity index is 679. The Balaban J connectivity index is 1.94. The molecule has 0 aliphatic carbocycles. The van der Waals surface area contributed by atoms with Crippen molar-refractivity contribution in [2.75, 3.05) is 7.11 Å². The number of benzene rings is 1. The van der Waals surface area contributed by atoms with Crippen molar-refractivity contribution in [2.24, 2.45) is 10.3 Å². The van der Waals surface area contributed by atoms with Gasteiger partial charge in [0.15, 0.2) is 0 Å². The molecule has 0 saturated carbocycles. The Morgan fingerprint density at radius 2 is 2.00 bits per heavy atom. The molecule has 1 aromatic heterocycles. The topological polar surface area (TPSA) is 96.2 Å². The van der Waals surface area contributed by atoms with Gasteiger partial charge < -0.3 is 9.94 Å². The van der Waals surface area contributed by atoms with Crippen LogP contribution in [0.3, 0.4) is 0 Å². The molecule has 0 aliphatic heterocycles. The Hall–Kier alpha value is -3.22.